The number of amides is 1. The normalized spacial score (nSPS) is 11.1. The fourth-order valence-electron chi connectivity index (χ4n) is 6.71. The molecule has 0 radical (unpaired) electrons. The van der Waals surface area contributed by atoms with Gasteiger partial charge in [-0.05, 0) is 153 Å². The van der Waals surface area contributed by atoms with Crippen LogP contribution in [0.2, 0.25) is 0 Å². The number of H-pyrrole nitrogens is 1. The molecule has 4 N–H and O–H groups in total. The molecule has 5 heterocycles. The van der Waals surface area contributed by atoms with Crippen molar-refractivity contribution in [3.63, 3.8) is 0 Å². The predicted octanol–water partition coefficient (Wildman–Crippen LogP) is 10.4. The first-order valence-electron chi connectivity index (χ1n) is 22.2. The number of aromatic amines is 1. The summed E-state index contributed by atoms with van der Waals surface area (Å²) in [5, 5.41) is 10.5. The Morgan fingerprint density at radius 1 is 0.543 bits per heavy atom. The van der Waals surface area contributed by atoms with Crippen molar-refractivity contribution in [1.29, 1.82) is 0 Å². The average molecular weight is 963 g/mol. The van der Waals surface area contributed by atoms with Crippen LogP contribution in [0.3, 0.4) is 0 Å². The molecule has 0 saturated carbocycles. The number of benzene rings is 3. The first-order valence-corrected chi connectivity index (χ1v) is 22.2. The van der Waals surface area contributed by atoms with E-state index in [1.807, 2.05) is 137 Å². The molecule has 14 nitrogen and oxygen atoms in total. The van der Waals surface area contributed by atoms with Crippen LogP contribution in [0.4, 0.5) is 0 Å². The van der Waals surface area contributed by atoms with E-state index in [9.17, 15) is 9.59 Å². The minimum Gasteiger partial charge on any atom is -0.497 e. The molecular formula is C55H60ClN9O5. The maximum absolute atomic E-state index is 12.8. The van der Waals surface area contributed by atoms with Gasteiger partial charge in [-0.2, -0.15) is 5.10 Å². The molecule has 0 bridgehead atoms. The van der Waals surface area contributed by atoms with Crippen molar-refractivity contribution in [1.82, 2.24) is 40.4 Å². The number of rotatable bonds is 11. The van der Waals surface area contributed by atoms with Crippen LogP contribution < -0.4 is 30.8 Å². The van der Waals surface area contributed by atoms with Crippen molar-refractivity contribution in [2.24, 2.45) is 5.73 Å². The molecule has 1 amide bonds. The van der Waals surface area contributed by atoms with Gasteiger partial charge in [0.05, 0.1) is 44.0 Å². The Morgan fingerprint density at radius 2 is 0.971 bits per heavy atom. The highest BCUT2D eigenvalue weighted by atomic mass is 35.5. The first-order chi connectivity index (χ1) is 32.9. The van der Waals surface area contributed by atoms with Crippen LogP contribution in [0.5, 0.6) is 17.2 Å². The van der Waals surface area contributed by atoms with E-state index < -0.39 is 17.0 Å². The second-order valence-electron chi connectivity index (χ2n) is 18.1. The van der Waals surface area contributed by atoms with E-state index in [0.717, 1.165) is 62.1 Å². The molecule has 0 aliphatic carbocycles. The van der Waals surface area contributed by atoms with Gasteiger partial charge in [0.25, 0.3) is 11.5 Å². The second-order valence-corrected chi connectivity index (χ2v) is 18.1. The van der Waals surface area contributed by atoms with Gasteiger partial charge < -0.3 is 30.2 Å². The number of aromatic nitrogens is 7. The zero-order valence-corrected chi connectivity index (χ0v) is 42.0. The molecule has 0 aliphatic rings. The Morgan fingerprint density at radius 3 is 1.31 bits per heavy atom. The predicted molar refractivity (Wildman–Crippen MR) is 278 cm³/mol. The van der Waals surface area contributed by atoms with Crippen molar-refractivity contribution < 1.29 is 19.0 Å². The molecule has 362 valence electrons. The number of nitrogens with zero attached hydrogens (tertiary/aromatic N) is 6. The summed E-state index contributed by atoms with van der Waals surface area (Å²) < 4.78 is 15.5. The maximum Gasteiger partial charge on any atom is 0.264 e. The standard InChI is InChI=1S/C24H22N6O3.C16H19NO.C15H18N2O.ClH/c1-24(2,16-8-11-19(25-13-16)15-6-9-17(33-3)10-7-15)29-23(32)18-14-26-21(28-22(18)31)20-5-4-12-27-30-20;1-16(2,3)13-7-10-15(17-11-13)12-5-8-14(18-4)9-6-12;1-15(2,16)12-6-9-14(17-10-12)11-4-7-13(18-3)8-5-11;/h4-14H,1-3H3,(H,29,32)(H,26,28,31);5-11H,1-4H3;4-10H,16H2,1-3H3;1H. The number of halogens is 1. The van der Waals surface area contributed by atoms with Gasteiger partial charge >= 0.3 is 0 Å². The van der Waals surface area contributed by atoms with Gasteiger partial charge in [0.1, 0.15) is 28.5 Å². The largest absolute Gasteiger partial charge is 0.497 e. The Bertz CT molecular complexity index is 2860. The molecule has 3 aromatic carbocycles. The van der Waals surface area contributed by atoms with Gasteiger partial charge in [-0.1, -0.05) is 39.0 Å². The summed E-state index contributed by atoms with van der Waals surface area (Å²) in [5.74, 6) is 2.18. The number of carbonyl (C=O) groups is 1. The Labute approximate surface area is 415 Å². The zero-order valence-electron chi connectivity index (χ0n) is 41.1. The summed E-state index contributed by atoms with van der Waals surface area (Å²) in [6.07, 6.45) is 8.25. The Balaban J connectivity index is 0.000000210. The summed E-state index contributed by atoms with van der Waals surface area (Å²) in [7, 11) is 4.95. The summed E-state index contributed by atoms with van der Waals surface area (Å²) in [5.41, 5.74) is 13.7. The molecule has 0 aliphatic heterocycles. The highest BCUT2D eigenvalue weighted by Crippen LogP contribution is 2.27. The smallest absolute Gasteiger partial charge is 0.264 e. The summed E-state index contributed by atoms with van der Waals surface area (Å²) in [6, 6.07) is 38.8. The molecule has 70 heavy (non-hydrogen) atoms. The van der Waals surface area contributed by atoms with Crippen molar-refractivity contribution in [3.05, 3.63) is 185 Å². The van der Waals surface area contributed by atoms with Crippen LogP contribution in [-0.4, -0.2) is 62.4 Å². The van der Waals surface area contributed by atoms with Gasteiger partial charge in [0.15, 0.2) is 5.82 Å². The number of pyridine rings is 3. The number of hydrogen-bond donors (Lipinski definition) is 3. The summed E-state index contributed by atoms with van der Waals surface area (Å²) in [6.45, 7) is 14.2. The molecule has 0 spiro atoms. The molecule has 0 unspecified atom stereocenters. The third-order valence-electron chi connectivity index (χ3n) is 11.1. The lowest BCUT2D eigenvalue weighted by atomic mass is 9.88. The Hall–Kier alpha value is -7.81. The van der Waals surface area contributed by atoms with E-state index >= 15 is 0 Å². The fourth-order valence-corrected chi connectivity index (χ4v) is 6.71. The minimum atomic E-state index is -0.779. The summed E-state index contributed by atoms with van der Waals surface area (Å²) in [4.78, 5) is 45.6. The van der Waals surface area contributed by atoms with E-state index in [0.29, 0.717) is 5.69 Å². The molecule has 8 aromatic rings. The average Bonchev–Trinajstić information content (AvgIpc) is 3.36. The monoisotopic (exact) mass is 961 g/mol. The van der Waals surface area contributed by atoms with Crippen LogP contribution in [-0.2, 0) is 16.5 Å². The van der Waals surface area contributed by atoms with Crippen LogP contribution in [0.1, 0.15) is 75.5 Å². The molecule has 15 heteroatoms. The van der Waals surface area contributed by atoms with E-state index in [4.69, 9.17) is 19.9 Å². The highest BCUT2D eigenvalue weighted by molar-refractivity contribution is 5.94. The van der Waals surface area contributed by atoms with Gasteiger partial charge in [-0.25, -0.2) is 4.98 Å². The SMILES string of the molecule is COc1ccc(-c2ccc(C(C)(C)C)cn2)cc1.COc1ccc(-c2ccc(C(C)(C)N)cn2)cc1.COc1ccc(-c2ccc(C(C)(C)NC(=O)c3cnc(-c4cccnn4)[nH]c3=O)cn2)cc1.Cl. The van der Waals surface area contributed by atoms with Crippen LogP contribution in [0.25, 0.3) is 45.3 Å². The zero-order chi connectivity index (χ0) is 49.8. The number of nitrogens with one attached hydrogen (secondary N) is 2. The van der Waals surface area contributed by atoms with Crippen molar-refractivity contribution in [3.8, 4) is 62.5 Å². The second kappa shape index (κ2) is 23.5. The quantitative estimate of drug-likeness (QED) is 0.111. The highest BCUT2D eigenvalue weighted by Gasteiger charge is 2.26. The van der Waals surface area contributed by atoms with Crippen molar-refractivity contribution in [2.45, 2.75) is 65.0 Å². The number of methoxy groups -OCH3 is 3. The number of carbonyl (C=O) groups excluding carboxylic acids is 1. The third kappa shape index (κ3) is 14.1. The maximum atomic E-state index is 12.8. The number of nitrogens with two attached hydrogens (primary N) is 1. The van der Waals surface area contributed by atoms with E-state index in [-0.39, 0.29) is 34.7 Å². The molecular weight excluding hydrogens is 902 g/mol. The molecule has 0 saturated heterocycles. The third-order valence-corrected chi connectivity index (χ3v) is 11.1. The van der Waals surface area contributed by atoms with E-state index in [1.165, 1.54) is 18.0 Å². The van der Waals surface area contributed by atoms with Crippen molar-refractivity contribution in [2.75, 3.05) is 21.3 Å². The van der Waals surface area contributed by atoms with Gasteiger partial charge in [0, 0.05) is 53.2 Å². The lowest BCUT2D eigenvalue weighted by Gasteiger charge is -2.26. The lowest BCUT2D eigenvalue weighted by Crippen LogP contribution is -2.43. The fraction of sp³-hybridized carbons (Fsp3) is 0.236. The minimum absolute atomic E-state index is 0. The lowest BCUT2D eigenvalue weighted by molar-refractivity contribution is 0.0910. The summed E-state index contributed by atoms with van der Waals surface area (Å²) >= 11 is 0. The topological polar surface area (TPSA) is 193 Å². The van der Waals surface area contributed by atoms with E-state index in [2.05, 4.69) is 73.3 Å². The van der Waals surface area contributed by atoms with Crippen molar-refractivity contribution >= 4 is 18.3 Å². The van der Waals surface area contributed by atoms with E-state index in [1.54, 1.807) is 39.7 Å². The van der Waals surface area contributed by atoms with Crippen LogP contribution >= 0.6 is 12.4 Å². The van der Waals surface area contributed by atoms with Crippen LogP contribution in [0, 0.1) is 0 Å². The van der Waals surface area contributed by atoms with Gasteiger partial charge in [0.2, 0.25) is 0 Å². The van der Waals surface area contributed by atoms with Crippen LogP contribution in [0.15, 0.2) is 157 Å². The molecule has 8 rings (SSSR count). The first kappa shape index (κ1) is 53.1. The molecule has 5 aromatic heterocycles. The molecule has 0 fully saturated rings. The number of hydrogen-bond acceptors (Lipinski definition) is 12. The number of ether oxygens (including phenoxy) is 3. The van der Waals surface area contributed by atoms with Gasteiger partial charge in [-0.3, -0.25) is 24.5 Å². The Kier molecular flexibility index (Phi) is 17.8. The molecule has 0 atom stereocenters. The van der Waals surface area contributed by atoms with Gasteiger partial charge in [-0.15, -0.1) is 17.5 Å².